The molecule has 0 aliphatic carbocycles. The Hall–Kier alpha value is -4.49. The second-order valence-corrected chi connectivity index (χ2v) is 8.86. The standard InChI is InChI=1S/C27H23F2N5O3/c1-6-18-24(37-14-22-19(29)10-17(28)13-32-22)9-16(3)34(25(18)35)23-11-21(31-12-15(23)2)20-7-8-30-26(33-20)27(4,5)36/h1,7-13,36H,14H2,2-5H3. The molecule has 4 aromatic rings. The number of nitrogens with zero attached hydrogens (tertiary/aromatic N) is 5. The van der Waals surface area contributed by atoms with E-state index in [9.17, 15) is 18.7 Å². The first kappa shape index (κ1) is 25.6. The second kappa shape index (κ2) is 9.87. The molecule has 1 N–H and O–H groups in total. The third-order valence-corrected chi connectivity index (χ3v) is 5.53. The molecule has 4 rings (SSSR count). The lowest BCUT2D eigenvalue weighted by atomic mass is 10.1. The number of hydrogen-bond acceptors (Lipinski definition) is 7. The summed E-state index contributed by atoms with van der Waals surface area (Å²) in [7, 11) is 0. The Morgan fingerprint density at radius 3 is 2.54 bits per heavy atom. The number of hydrogen-bond donors (Lipinski definition) is 1. The largest absolute Gasteiger partial charge is 0.486 e. The van der Waals surface area contributed by atoms with Crippen molar-refractivity contribution in [2.45, 2.75) is 39.9 Å². The highest BCUT2D eigenvalue weighted by Gasteiger charge is 2.21. The fourth-order valence-electron chi connectivity index (χ4n) is 3.64. The molecule has 188 valence electrons. The zero-order chi connectivity index (χ0) is 26.9. The molecule has 0 aliphatic rings. The van der Waals surface area contributed by atoms with Gasteiger partial charge in [-0.3, -0.25) is 19.3 Å². The third kappa shape index (κ3) is 5.22. The summed E-state index contributed by atoms with van der Waals surface area (Å²) in [4.78, 5) is 30.1. The molecular weight excluding hydrogens is 480 g/mol. The molecule has 0 aliphatic heterocycles. The van der Waals surface area contributed by atoms with Gasteiger partial charge in [0.05, 0.1) is 23.3 Å². The molecule has 0 bridgehead atoms. The highest BCUT2D eigenvalue weighted by molar-refractivity contribution is 5.60. The van der Waals surface area contributed by atoms with Gasteiger partial charge in [0.15, 0.2) is 11.6 Å². The molecule has 0 saturated heterocycles. The molecule has 10 heteroatoms. The van der Waals surface area contributed by atoms with Crippen LogP contribution < -0.4 is 10.3 Å². The highest BCUT2D eigenvalue weighted by atomic mass is 19.1. The number of terminal acetylenes is 1. The molecule has 4 aromatic heterocycles. The van der Waals surface area contributed by atoms with Gasteiger partial charge < -0.3 is 9.84 Å². The first-order valence-electron chi connectivity index (χ1n) is 11.2. The number of aryl methyl sites for hydroxylation is 2. The van der Waals surface area contributed by atoms with E-state index in [4.69, 9.17) is 11.2 Å². The maximum Gasteiger partial charge on any atom is 0.274 e. The molecule has 0 amide bonds. The van der Waals surface area contributed by atoms with E-state index in [0.29, 0.717) is 34.4 Å². The summed E-state index contributed by atoms with van der Waals surface area (Å²) in [5, 5.41) is 10.3. The normalized spacial score (nSPS) is 11.3. The molecule has 4 heterocycles. The van der Waals surface area contributed by atoms with Crippen LogP contribution in [-0.4, -0.2) is 29.6 Å². The van der Waals surface area contributed by atoms with E-state index in [0.717, 1.165) is 6.20 Å². The van der Waals surface area contributed by atoms with Gasteiger partial charge in [-0.25, -0.2) is 18.7 Å². The molecule has 37 heavy (non-hydrogen) atoms. The fourth-order valence-corrected chi connectivity index (χ4v) is 3.64. The van der Waals surface area contributed by atoms with Crippen LogP contribution in [-0.2, 0) is 12.2 Å². The lowest BCUT2D eigenvalue weighted by Gasteiger charge is -2.18. The van der Waals surface area contributed by atoms with Crippen LogP contribution >= 0.6 is 0 Å². The molecule has 0 radical (unpaired) electrons. The number of aliphatic hydroxyl groups is 1. The minimum atomic E-state index is -1.25. The van der Waals surface area contributed by atoms with E-state index in [2.05, 4.69) is 25.9 Å². The first-order chi connectivity index (χ1) is 17.5. The van der Waals surface area contributed by atoms with Crippen LogP contribution in [0.15, 0.2) is 47.7 Å². The predicted molar refractivity (Wildman–Crippen MR) is 132 cm³/mol. The summed E-state index contributed by atoms with van der Waals surface area (Å²) in [6, 6.07) is 5.61. The maximum absolute atomic E-state index is 14.0. The van der Waals surface area contributed by atoms with Crippen molar-refractivity contribution in [3.8, 4) is 35.2 Å². The van der Waals surface area contributed by atoms with Crippen molar-refractivity contribution in [1.82, 2.24) is 24.5 Å². The van der Waals surface area contributed by atoms with Crippen molar-refractivity contribution < 1.29 is 18.6 Å². The van der Waals surface area contributed by atoms with Crippen LogP contribution in [0.5, 0.6) is 5.75 Å². The molecule has 0 aromatic carbocycles. The fraction of sp³-hybridized carbons (Fsp3) is 0.222. The van der Waals surface area contributed by atoms with Crippen molar-refractivity contribution in [3.05, 3.63) is 93.2 Å². The van der Waals surface area contributed by atoms with Gasteiger partial charge >= 0.3 is 0 Å². The van der Waals surface area contributed by atoms with Crippen LogP contribution in [0.2, 0.25) is 0 Å². The second-order valence-electron chi connectivity index (χ2n) is 8.86. The Morgan fingerprint density at radius 1 is 1.11 bits per heavy atom. The van der Waals surface area contributed by atoms with Gasteiger partial charge in [-0.15, -0.1) is 6.42 Å². The third-order valence-electron chi connectivity index (χ3n) is 5.53. The smallest absolute Gasteiger partial charge is 0.274 e. The Bertz CT molecular complexity index is 1600. The van der Waals surface area contributed by atoms with Crippen molar-refractivity contribution >= 4 is 0 Å². The quantitative estimate of drug-likeness (QED) is 0.400. The molecular formula is C27H23F2N5O3. The lowest BCUT2D eigenvalue weighted by molar-refractivity contribution is 0.0688. The van der Waals surface area contributed by atoms with Crippen LogP contribution in [0.4, 0.5) is 8.78 Å². The minimum absolute atomic E-state index is 0.0720. The average molecular weight is 504 g/mol. The van der Waals surface area contributed by atoms with Crippen LogP contribution in [0, 0.1) is 37.8 Å². The molecule has 0 atom stereocenters. The monoisotopic (exact) mass is 503 g/mol. The predicted octanol–water partition coefficient (Wildman–Crippen LogP) is 3.77. The lowest BCUT2D eigenvalue weighted by Crippen LogP contribution is -2.25. The van der Waals surface area contributed by atoms with Crippen molar-refractivity contribution in [2.75, 3.05) is 0 Å². The summed E-state index contributed by atoms with van der Waals surface area (Å²) in [6.45, 7) is 6.30. The molecule has 0 fully saturated rings. The zero-order valence-corrected chi connectivity index (χ0v) is 20.6. The number of pyridine rings is 3. The topological polar surface area (TPSA) is 103 Å². The summed E-state index contributed by atoms with van der Waals surface area (Å²) >= 11 is 0. The van der Waals surface area contributed by atoms with Gasteiger partial charge in [-0.1, -0.05) is 5.92 Å². The van der Waals surface area contributed by atoms with Crippen molar-refractivity contribution in [3.63, 3.8) is 0 Å². The van der Waals surface area contributed by atoms with Gasteiger partial charge in [0.2, 0.25) is 0 Å². The van der Waals surface area contributed by atoms with Crippen LogP contribution in [0.1, 0.15) is 42.2 Å². The summed E-state index contributed by atoms with van der Waals surface area (Å²) in [5.74, 6) is 0.974. The Labute approximate surface area is 211 Å². The number of ether oxygens (including phenoxy) is 1. The SMILES string of the molecule is C#Cc1c(OCc2ncc(F)cc2F)cc(C)n(-c2cc(-c3ccnc(C(C)(C)O)n3)ncc2C)c1=O. The summed E-state index contributed by atoms with van der Waals surface area (Å²) < 4.78 is 34.2. The van der Waals surface area contributed by atoms with Crippen molar-refractivity contribution in [2.24, 2.45) is 0 Å². The zero-order valence-electron chi connectivity index (χ0n) is 20.6. The number of halogens is 2. The van der Waals surface area contributed by atoms with Gasteiger partial charge in [0.25, 0.3) is 5.56 Å². The van der Waals surface area contributed by atoms with E-state index in [1.807, 2.05) is 0 Å². The van der Waals surface area contributed by atoms with Gasteiger partial charge in [0.1, 0.15) is 35.0 Å². The Morgan fingerprint density at radius 2 is 1.86 bits per heavy atom. The van der Waals surface area contributed by atoms with Gasteiger partial charge in [-0.05, 0) is 45.4 Å². The summed E-state index contributed by atoms with van der Waals surface area (Å²) in [6.07, 6.45) is 9.65. The van der Waals surface area contributed by atoms with E-state index in [1.165, 1.54) is 10.8 Å². The van der Waals surface area contributed by atoms with Crippen LogP contribution in [0.25, 0.3) is 17.1 Å². The van der Waals surface area contributed by atoms with Crippen LogP contribution in [0.3, 0.4) is 0 Å². The van der Waals surface area contributed by atoms with E-state index in [1.54, 1.807) is 52.1 Å². The van der Waals surface area contributed by atoms with E-state index < -0.39 is 22.8 Å². The molecule has 8 nitrogen and oxygen atoms in total. The summed E-state index contributed by atoms with van der Waals surface area (Å²) in [5.41, 5.74) is 0.654. The molecule has 0 saturated carbocycles. The minimum Gasteiger partial charge on any atom is -0.486 e. The van der Waals surface area contributed by atoms with Crippen molar-refractivity contribution in [1.29, 1.82) is 0 Å². The first-order valence-corrected chi connectivity index (χ1v) is 11.2. The van der Waals surface area contributed by atoms with Gasteiger partial charge in [0, 0.05) is 30.2 Å². The number of rotatable bonds is 6. The molecule has 0 unspecified atom stereocenters. The Kier molecular flexibility index (Phi) is 6.83. The van der Waals surface area contributed by atoms with Gasteiger partial charge in [-0.2, -0.15) is 0 Å². The number of aromatic nitrogens is 5. The highest BCUT2D eigenvalue weighted by Crippen LogP contribution is 2.25. The van der Waals surface area contributed by atoms with E-state index in [-0.39, 0.29) is 29.4 Å². The maximum atomic E-state index is 14.0. The molecule has 0 spiro atoms. The average Bonchev–Trinajstić information content (AvgIpc) is 2.84. The Balaban J connectivity index is 1.76. The van der Waals surface area contributed by atoms with E-state index >= 15 is 0 Å².